The maximum atomic E-state index is 4.30. The monoisotopic (exact) mass is 159 g/mol. The van der Waals surface area contributed by atoms with Gasteiger partial charge in [0.1, 0.15) is 0 Å². The first-order valence-corrected chi connectivity index (χ1v) is 4.35. The maximum absolute atomic E-state index is 4.30. The van der Waals surface area contributed by atoms with Crippen molar-refractivity contribution in [2.75, 3.05) is 0 Å². The van der Waals surface area contributed by atoms with Crippen molar-refractivity contribution in [2.24, 2.45) is 4.99 Å². The molecule has 0 saturated heterocycles. The van der Waals surface area contributed by atoms with Crippen molar-refractivity contribution in [3.8, 4) is 0 Å². The molecule has 0 bridgehead atoms. The van der Waals surface area contributed by atoms with Gasteiger partial charge < -0.3 is 0 Å². The lowest BCUT2D eigenvalue weighted by atomic mass is 10.1. The minimum atomic E-state index is 0.456. The summed E-state index contributed by atoms with van der Waals surface area (Å²) in [6.45, 7) is 6.25. The molecule has 0 aromatic carbocycles. The SMILES string of the molecule is CCCCC(C)/N=C(/C)S. The summed E-state index contributed by atoms with van der Waals surface area (Å²) in [7, 11) is 0. The van der Waals surface area contributed by atoms with E-state index < -0.39 is 0 Å². The Morgan fingerprint density at radius 2 is 2.20 bits per heavy atom. The third-order valence-electron chi connectivity index (χ3n) is 1.38. The number of hydrogen-bond donors (Lipinski definition) is 1. The Bertz CT molecular complexity index is 106. The van der Waals surface area contributed by atoms with Gasteiger partial charge in [-0.05, 0) is 20.3 Å². The first-order chi connectivity index (χ1) is 4.66. The standard InChI is InChI=1S/C8H17NS/c1-4-5-6-7(2)9-8(3)10/h7H,4-6H2,1-3H3,(H,9,10). The lowest BCUT2D eigenvalue weighted by Crippen LogP contribution is -1.98. The van der Waals surface area contributed by atoms with E-state index in [4.69, 9.17) is 0 Å². The summed E-state index contributed by atoms with van der Waals surface area (Å²) < 4.78 is 0. The van der Waals surface area contributed by atoms with Crippen LogP contribution in [0.25, 0.3) is 0 Å². The second-order valence-electron chi connectivity index (χ2n) is 2.67. The minimum Gasteiger partial charge on any atom is -0.280 e. The van der Waals surface area contributed by atoms with Crippen LogP contribution in [0.3, 0.4) is 0 Å². The predicted octanol–water partition coefficient (Wildman–Crippen LogP) is 2.91. The van der Waals surface area contributed by atoms with Crippen LogP contribution in [-0.2, 0) is 0 Å². The zero-order chi connectivity index (χ0) is 7.98. The summed E-state index contributed by atoms with van der Waals surface area (Å²) >= 11 is 4.11. The van der Waals surface area contributed by atoms with Gasteiger partial charge in [-0.3, -0.25) is 4.99 Å². The number of nitrogens with zero attached hydrogens (tertiary/aromatic N) is 1. The second kappa shape index (κ2) is 5.78. The first kappa shape index (κ1) is 10.0. The zero-order valence-electron chi connectivity index (χ0n) is 7.09. The van der Waals surface area contributed by atoms with Crippen LogP contribution in [0.1, 0.15) is 40.0 Å². The Morgan fingerprint density at radius 1 is 1.60 bits per heavy atom. The quantitative estimate of drug-likeness (QED) is 0.368. The Balaban J connectivity index is 3.43. The van der Waals surface area contributed by atoms with Crippen LogP contribution in [0.5, 0.6) is 0 Å². The molecule has 0 aliphatic heterocycles. The Morgan fingerprint density at radius 3 is 2.60 bits per heavy atom. The summed E-state index contributed by atoms with van der Waals surface area (Å²) in [5.74, 6) is 0. The Kier molecular flexibility index (Phi) is 5.79. The smallest absolute Gasteiger partial charge is 0.0617 e. The Hall–Kier alpha value is 0.0200. The van der Waals surface area contributed by atoms with E-state index in [1.54, 1.807) is 0 Å². The molecule has 0 aromatic rings. The molecule has 0 rings (SSSR count). The van der Waals surface area contributed by atoms with Gasteiger partial charge in [0.15, 0.2) is 0 Å². The highest BCUT2D eigenvalue weighted by Gasteiger charge is 1.96. The maximum Gasteiger partial charge on any atom is 0.0617 e. The van der Waals surface area contributed by atoms with Crippen molar-refractivity contribution in [1.29, 1.82) is 0 Å². The molecule has 0 saturated carbocycles. The van der Waals surface area contributed by atoms with Crippen LogP contribution in [0, 0.1) is 0 Å². The highest BCUT2D eigenvalue weighted by molar-refractivity contribution is 7.96. The van der Waals surface area contributed by atoms with Crippen molar-refractivity contribution >= 4 is 17.7 Å². The third kappa shape index (κ3) is 6.14. The van der Waals surface area contributed by atoms with Crippen LogP contribution >= 0.6 is 12.6 Å². The van der Waals surface area contributed by atoms with Gasteiger partial charge in [-0.2, -0.15) is 0 Å². The van der Waals surface area contributed by atoms with Crippen LogP contribution in [0.15, 0.2) is 4.99 Å². The molecule has 0 heterocycles. The summed E-state index contributed by atoms with van der Waals surface area (Å²) in [5, 5.41) is 0.892. The molecule has 0 aliphatic rings. The number of thiol groups is 1. The van der Waals surface area contributed by atoms with Gasteiger partial charge in [0, 0.05) is 6.04 Å². The van der Waals surface area contributed by atoms with Crippen molar-refractivity contribution in [1.82, 2.24) is 0 Å². The molecule has 0 radical (unpaired) electrons. The molecule has 60 valence electrons. The highest BCUT2D eigenvalue weighted by atomic mass is 32.1. The fourth-order valence-corrected chi connectivity index (χ4v) is 1.08. The number of aliphatic imine (C=N–C) groups is 1. The van der Waals surface area contributed by atoms with Crippen LogP contribution in [-0.4, -0.2) is 11.1 Å². The average Bonchev–Trinajstić information content (AvgIpc) is 1.82. The molecule has 0 fully saturated rings. The number of unbranched alkanes of at least 4 members (excludes halogenated alkanes) is 1. The van der Waals surface area contributed by atoms with Gasteiger partial charge in [-0.25, -0.2) is 0 Å². The molecule has 0 aromatic heterocycles. The lowest BCUT2D eigenvalue weighted by Gasteiger charge is -2.03. The molecule has 0 amide bonds. The summed E-state index contributed by atoms with van der Waals surface area (Å²) in [6, 6.07) is 0.456. The van der Waals surface area contributed by atoms with E-state index in [9.17, 15) is 0 Å². The molecule has 0 spiro atoms. The van der Waals surface area contributed by atoms with Crippen LogP contribution < -0.4 is 0 Å². The van der Waals surface area contributed by atoms with Gasteiger partial charge in [-0.1, -0.05) is 19.8 Å². The highest BCUT2D eigenvalue weighted by Crippen LogP contribution is 2.04. The van der Waals surface area contributed by atoms with E-state index >= 15 is 0 Å². The third-order valence-corrected chi connectivity index (χ3v) is 1.50. The lowest BCUT2D eigenvalue weighted by molar-refractivity contribution is 0.619. The van der Waals surface area contributed by atoms with E-state index in [2.05, 4.69) is 31.5 Å². The molecule has 2 heteroatoms. The van der Waals surface area contributed by atoms with Gasteiger partial charge in [-0.15, -0.1) is 12.6 Å². The van der Waals surface area contributed by atoms with E-state index in [0.717, 1.165) is 5.04 Å². The molecule has 0 N–H and O–H groups in total. The van der Waals surface area contributed by atoms with Crippen molar-refractivity contribution in [2.45, 2.75) is 46.1 Å². The second-order valence-corrected chi connectivity index (χ2v) is 3.31. The van der Waals surface area contributed by atoms with Crippen molar-refractivity contribution < 1.29 is 0 Å². The fourth-order valence-electron chi connectivity index (χ4n) is 0.883. The van der Waals surface area contributed by atoms with Gasteiger partial charge >= 0.3 is 0 Å². The van der Waals surface area contributed by atoms with Crippen molar-refractivity contribution in [3.05, 3.63) is 0 Å². The fraction of sp³-hybridized carbons (Fsp3) is 0.875. The minimum absolute atomic E-state index is 0.456. The van der Waals surface area contributed by atoms with Gasteiger partial charge in [0.25, 0.3) is 0 Å². The summed E-state index contributed by atoms with van der Waals surface area (Å²) in [5.41, 5.74) is 0. The molecule has 1 atom stereocenters. The summed E-state index contributed by atoms with van der Waals surface area (Å²) in [6.07, 6.45) is 3.71. The van der Waals surface area contributed by atoms with E-state index in [1.807, 2.05) is 6.92 Å². The van der Waals surface area contributed by atoms with Gasteiger partial charge in [0.05, 0.1) is 5.04 Å². The molecule has 1 unspecified atom stereocenters. The molecule has 0 aliphatic carbocycles. The van der Waals surface area contributed by atoms with Gasteiger partial charge in [0.2, 0.25) is 0 Å². The van der Waals surface area contributed by atoms with Crippen LogP contribution in [0.4, 0.5) is 0 Å². The first-order valence-electron chi connectivity index (χ1n) is 3.90. The zero-order valence-corrected chi connectivity index (χ0v) is 7.99. The molecule has 10 heavy (non-hydrogen) atoms. The average molecular weight is 159 g/mol. The van der Waals surface area contributed by atoms with E-state index in [1.165, 1.54) is 19.3 Å². The summed E-state index contributed by atoms with van der Waals surface area (Å²) in [4.78, 5) is 4.30. The molecule has 1 nitrogen and oxygen atoms in total. The number of rotatable bonds is 4. The predicted molar refractivity (Wildman–Crippen MR) is 51.1 cm³/mol. The normalized spacial score (nSPS) is 15.4. The van der Waals surface area contributed by atoms with Crippen molar-refractivity contribution in [3.63, 3.8) is 0 Å². The van der Waals surface area contributed by atoms with Crippen LogP contribution in [0.2, 0.25) is 0 Å². The molecular weight excluding hydrogens is 142 g/mol. The Labute approximate surface area is 69.3 Å². The topological polar surface area (TPSA) is 12.4 Å². The number of hydrogen-bond acceptors (Lipinski definition) is 1. The van der Waals surface area contributed by atoms with E-state index in [-0.39, 0.29) is 0 Å². The largest absolute Gasteiger partial charge is 0.280 e. The van der Waals surface area contributed by atoms with E-state index in [0.29, 0.717) is 6.04 Å². The molecular formula is C8H17NS.